The van der Waals surface area contributed by atoms with Crippen molar-refractivity contribution < 1.29 is 4.74 Å². The van der Waals surface area contributed by atoms with Crippen molar-refractivity contribution in [2.24, 2.45) is 0 Å². The van der Waals surface area contributed by atoms with Gasteiger partial charge in [-0.1, -0.05) is 12.8 Å². The number of aromatic nitrogens is 2. The minimum atomic E-state index is 0.530. The van der Waals surface area contributed by atoms with E-state index in [1.807, 2.05) is 24.5 Å². The maximum absolute atomic E-state index is 5.39. The Morgan fingerprint density at radius 3 is 2.71 bits per heavy atom. The Balaban J connectivity index is 1.95. The molecule has 0 atom stereocenters. The largest absolute Gasteiger partial charge is 0.495 e. The van der Waals surface area contributed by atoms with E-state index in [0.29, 0.717) is 6.04 Å². The molecule has 1 aromatic heterocycles. The van der Waals surface area contributed by atoms with Crippen molar-refractivity contribution in [1.82, 2.24) is 9.55 Å². The standard InChI is InChI=1S/C15H17Br2N3O/c1-21-14-9-13(11(16)8-12(14)17)20-7-6-18-15(20)19-10-4-2-3-5-10/h6-10H,2-5H2,1H3,(H,18,19). The van der Waals surface area contributed by atoms with Crippen LogP contribution in [0.4, 0.5) is 5.95 Å². The van der Waals surface area contributed by atoms with Crippen molar-refractivity contribution in [1.29, 1.82) is 0 Å². The highest BCUT2D eigenvalue weighted by Gasteiger charge is 2.18. The van der Waals surface area contributed by atoms with Gasteiger partial charge in [-0.2, -0.15) is 0 Å². The number of imidazole rings is 1. The first kappa shape index (κ1) is 14.9. The van der Waals surface area contributed by atoms with Crippen LogP contribution in [-0.4, -0.2) is 22.7 Å². The second kappa shape index (κ2) is 6.40. The van der Waals surface area contributed by atoms with Crippen LogP contribution in [0.3, 0.4) is 0 Å². The summed E-state index contributed by atoms with van der Waals surface area (Å²) in [5.74, 6) is 1.68. The normalized spacial score (nSPS) is 15.4. The third kappa shape index (κ3) is 3.11. The summed E-state index contributed by atoms with van der Waals surface area (Å²) < 4.78 is 9.35. The fourth-order valence-electron chi connectivity index (χ4n) is 2.72. The number of rotatable bonds is 4. The van der Waals surface area contributed by atoms with Gasteiger partial charge < -0.3 is 10.1 Å². The number of halogens is 2. The summed E-state index contributed by atoms with van der Waals surface area (Å²) in [6.45, 7) is 0. The third-order valence-corrected chi connectivity index (χ3v) is 5.06. The van der Waals surface area contributed by atoms with Crippen LogP contribution in [-0.2, 0) is 0 Å². The molecular weight excluding hydrogens is 398 g/mol. The van der Waals surface area contributed by atoms with E-state index in [2.05, 4.69) is 46.7 Å². The predicted octanol–water partition coefficient (Wildman–Crippen LogP) is 4.76. The monoisotopic (exact) mass is 413 g/mol. The quantitative estimate of drug-likeness (QED) is 0.783. The molecule has 0 spiro atoms. The number of benzene rings is 1. The maximum Gasteiger partial charge on any atom is 0.207 e. The smallest absolute Gasteiger partial charge is 0.207 e. The Morgan fingerprint density at radius 1 is 1.24 bits per heavy atom. The van der Waals surface area contributed by atoms with Crippen LogP contribution in [0.2, 0.25) is 0 Å². The summed E-state index contributed by atoms with van der Waals surface area (Å²) in [7, 11) is 1.67. The lowest BCUT2D eigenvalue weighted by atomic mass is 10.2. The molecule has 0 radical (unpaired) electrons. The second-order valence-electron chi connectivity index (χ2n) is 5.18. The van der Waals surface area contributed by atoms with Gasteiger partial charge in [-0.25, -0.2) is 4.98 Å². The van der Waals surface area contributed by atoms with Gasteiger partial charge in [-0.3, -0.25) is 4.57 Å². The Morgan fingerprint density at radius 2 is 2.00 bits per heavy atom. The molecule has 1 fully saturated rings. The molecule has 1 heterocycles. The lowest BCUT2D eigenvalue weighted by Gasteiger charge is -2.16. The molecule has 1 aromatic carbocycles. The SMILES string of the molecule is COc1cc(-n2ccnc2NC2CCCC2)c(Br)cc1Br. The second-order valence-corrected chi connectivity index (χ2v) is 6.89. The number of ether oxygens (including phenoxy) is 1. The van der Waals surface area contributed by atoms with Crippen LogP contribution in [0.15, 0.2) is 33.5 Å². The first-order valence-corrected chi connectivity index (χ1v) is 8.61. The van der Waals surface area contributed by atoms with Crippen LogP contribution in [0.1, 0.15) is 25.7 Å². The van der Waals surface area contributed by atoms with Crippen LogP contribution in [0, 0.1) is 0 Å². The van der Waals surface area contributed by atoms with E-state index in [-0.39, 0.29) is 0 Å². The Bertz CT molecular complexity index is 636. The molecule has 6 heteroatoms. The summed E-state index contributed by atoms with van der Waals surface area (Å²) in [5, 5.41) is 3.55. The van der Waals surface area contributed by atoms with Gasteiger partial charge in [0.1, 0.15) is 5.75 Å². The van der Waals surface area contributed by atoms with Gasteiger partial charge in [0, 0.05) is 29.0 Å². The van der Waals surface area contributed by atoms with E-state index < -0.39 is 0 Å². The van der Waals surface area contributed by atoms with Gasteiger partial charge in [0.2, 0.25) is 5.95 Å². The van der Waals surface area contributed by atoms with Crippen LogP contribution in [0.5, 0.6) is 5.75 Å². The number of hydrogen-bond donors (Lipinski definition) is 1. The zero-order valence-electron chi connectivity index (χ0n) is 11.8. The minimum Gasteiger partial charge on any atom is -0.495 e. The Kier molecular flexibility index (Phi) is 4.54. The van der Waals surface area contributed by atoms with Gasteiger partial charge in [0.25, 0.3) is 0 Å². The maximum atomic E-state index is 5.39. The minimum absolute atomic E-state index is 0.530. The molecule has 1 aliphatic rings. The lowest BCUT2D eigenvalue weighted by molar-refractivity contribution is 0.412. The summed E-state index contributed by atoms with van der Waals surface area (Å²) in [6, 6.07) is 4.52. The molecule has 112 valence electrons. The van der Waals surface area contributed by atoms with E-state index in [0.717, 1.165) is 26.3 Å². The Labute approximate surface area is 141 Å². The van der Waals surface area contributed by atoms with Gasteiger partial charge in [0.15, 0.2) is 0 Å². The highest BCUT2D eigenvalue weighted by atomic mass is 79.9. The van der Waals surface area contributed by atoms with Crippen molar-refractivity contribution >= 4 is 37.8 Å². The molecule has 0 unspecified atom stereocenters. The van der Waals surface area contributed by atoms with Crippen molar-refractivity contribution in [3.63, 3.8) is 0 Å². The average molecular weight is 415 g/mol. The molecule has 0 bridgehead atoms. The average Bonchev–Trinajstić information content (AvgIpc) is 3.12. The van der Waals surface area contributed by atoms with Gasteiger partial charge in [-0.15, -0.1) is 0 Å². The molecule has 0 amide bonds. The fraction of sp³-hybridized carbons (Fsp3) is 0.400. The third-order valence-electron chi connectivity index (χ3n) is 3.81. The molecule has 3 rings (SSSR count). The van der Waals surface area contributed by atoms with Crippen molar-refractivity contribution in [2.45, 2.75) is 31.7 Å². The summed E-state index contributed by atoms with van der Waals surface area (Å²) in [4.78, 5) is 4.45. The predicted molar refractivity (Wildman–Crippen MR) is 91.4 cm³/mol. The molecule has 21 heavy (non-hydrogen) atoms. The number of nitrogens with zero attached hydrogens (tertiary/aromatic N) is 2. The van der Waals surface area contributed by atoms with Gasteiger partial charge in [0.05, 0.1) is 17.3 Å². The van der Waals surface area contributed by atoms with Crippen molar-refractivity contribution in [3.05, 3.63) is 33.5 Å². The molecule has 1 saturated carbocycles. The van der Waals surface area contributed by atoms with Crippen molar-refractivity contribution in [2.75, 3.05) is 12.4 Å². The van der Waals surface area contributed by atoms with E-state index in [4.69, 9.17) is 4.74 Å². The van der Waals surface area contributed by atoms with Crippen LogP contribution in [0.25, 0.3) is 5.69 Å². The Hall–Kier alpha value is -1.01. The molecular formula is C15H17Br2N3O. The van der Waals surface area contributed by atoms with E-state index in [1.54, 1.807) is 7.11 Å². The molecule has 1 N–H and O–H groups in total. The highest BCUT2D eigenvalue weighted by molar-refractivity contribution is 9.11. The fourth-order valence-corrected chi connectivity index (χ4v) is 4.06. The molecule has 1 aliphatic carbocycles. The van der Waals surface area contributed by atoms with E-state index in [9.17, 15) is 0 Å². The zero-order chi connectivity index (χ0) is 14.8. The summed E-state index contributed by atoms with van der Waals surface area (Å²) >= 11 is 7.12. The van der Waals surface area contributed by atoms with Crippen LogP contribution < -0.4 is 10.1 Å². The highest BCUT2D eigenvalue weighted by Crippen LogP contribution is 2.35. The first-order chi connectivity index (χ1) is 10.2. The van der Waals surface area contributed by atoms with Crippen LogP contribution >= 0.6 is 31.9 Å². The number of anilines is 1. The topological polar surface area (TPSA) is 39.1 Å². The van der Waals surface area contributed by atoms with E-state index in [1.165, 1.54) is 25.7 Å². The molecule has 2 aromatic rings. The van der Waals surface area contributed by atoms with Gasteiger partial charge >= 0.3 is 0 Å². The first-order valence-electron chi connectivity index (χ1n) is 7.02. The molecule has 4 nitrogen and oxygen atoms in total. The van der Waals surface area contributed by atoms with Crippen molar-refractivity contribution in [3.8, 4) is 11.4 Å². The number of hydrogen-bond acceptors (Lipinski definition) is 3. The summed E-state index contributed by atoms with van der Waals surface area (Å²) in [5.41, 5.74) is 1.01. The van der Waals surface area contributed by atoms with Gasteiger partial charge in [-0.05, 0) is 50.8 Å². The lowest BCUT2D eigenvalue weighted by Crippen LogP contribution is -2.17. The summed E-state index contributed by atoms with van der Waals surface area (Å²) in [6.07, 6.45) is 8.82. The molecule has 0 saturated heterocycles. The number of methoxy groups -OCH3 is 1. The van der Waals surface area contributed by atoms with E-state index >= 15 is 0 Å². The number of nitrogens with one attached hydrogen (secondary N) is 1. The zero-order valence-corrected chi connectivity index (χ0v) is 14.9. The molecule has 0 aliphatic heterocycles.